The average molecular weight is 255 g/mol. The van der Waals surface area contributed by atoms with Crippen molar-refractivity contribution < 1.29 is 9.84 Å². The van der Waals surface area contributed by atoms with Gasteiger partial charge in [0.1, 0.15) is 11.5 Å². The Kier molecular flexibility index (Phi) is 4.18. The molecule has 3 heteroatoms. The van der Waals surface area contributed by atoms with Gasteiger partial charge in [0.25, 0.3) is 0 Å². The van der Waals surface area contributed by atoms with Gasteiger partial charge in [0.15, 0.2) is 0 Å². The number of aryl methyl sites for hydroxylation is 1. The van der Waals surface area contributed by atoms with Crippen LogP contribution in [0.2, 0.25) is 0 Å². The van der Waals surface area contributed by atoms with Crippen LogP contribution in [0.15, 0.2) is 47.5 Å². The van der Waals surface area contributed by atoms with Crippen LogP contribution in [0.1, 0.15) is 18.1 Å². The smallest absolute Gasteiger partial charge is 0.124 e. The van der Waals surface area contributed by atoms with Crippen LogP contribution in [0.3, 0.4) is 0 Å². The van der Waals surface area contributed by atoms with Gasteiger partial charge in [-0.15, -0.1) is 0 Å². The van der Waals surface area contributed by atoms with Crippen LogP contribution < -0.4 is 4.74 Å². The topological polar surface area (TPSA) is 41.8 Å². The number of hydrogen-bond acceptors (Lipinski definition) is 3. The molecule has 0 unspecified atom stereocenters. The van der Waals surface area contributed by atoms with E-state index in [-0.39, 0.29) is 5.75 Å². The van der Waals surface area contributed by atoms with Crippen molar-refractivity contribution >= 4 is 11.9 Å². The van der Waals surface area contributed by atoms with E-state index in [4.69, 9.17) is 4.74 Å². The number of aromatic hydroxyl groups is 1. The lowest BCUT2D eigenvalue weighted by Crippen LogP contribution is -1.87. The Bertz CT molecular complexity index is 591. The molecule has 0 aliphatic heterocycles. The molecule has 0 heterocycles. The van der Waals surface area contributed by atoms with Crippen molar-refractivity contribution in [2.75, 3.05) is 7.11 Å². The quantitative estimate of drug-likeness (QED) is 0.846. The number of nitrogens with zero attached hydrogens (tertiary/aromatic N) is 1. The van der Waals surface area contributed by atoms with Gasteiger partial charge >= 0.3 is 0 Å². The monoisotopic (exact) mass is 255 g/mol. The standard InChI is InChI=1S/C16H17NO2/c1-3-12-5-4-6-14(9-12)17-11-13-10-15(19-2)7-8-16(13)18/h4-11,18H,3H2,1-2H3. The summed E-state index contributed by atoms with van der Waals surface area (Å²) >= 11 is 0. The maximum absolute atomic E-state index is 9.76. The lowest BCUT2D eigenvalue weighted by atomic mass is 10.1. The molecule has 0 bridgehead atoms. The Morgan fingerprint density at radius 2 is 2.05 bits per heavy atom. The largest absolute Gasteiger partial charge is 0.507 e. The number of rotatable bonds is 4. The minimum absolute atomic E-state index is 0.191. The number of hydrogen-bond donors (Lipinski definition) is 1. The molecule has 0 spiro atoms. The van der Waals surface area contributed by atoms with Gasteiger partial charge in [-0.2, -0.15) is 0 Å². The van der Waals surface area contributed by atoms with Gasteiger partial charge in [-0.1, -0.05) is 19.1 Å². The normalized spacial score (nSPS) is 10.8. The van der Waals surface area contributed by atoms with Gasteiger partial charge in [0.05, 0.1) is 12.8 Å². The highest BCUT2D eigenvalue weighted by Crippen LogP contribution is 2.22. The predicted octanol–water partition coefficient (Wildman–Crippen LogP) is 3.71. The molecular weight excluding hydrogens is 238 g/mol. The molecule has 98 valence electrons. The first-order valence-corrected chi connectivity index (χ1v) is 6.23. The van der Waals surface area contributed by atoms with Crippen LogP contribution in [-0.2, 0) is 6.42 Å². The van der Waals surface area contributed by atoms with Crippen molar-refractivity contribution in [1.82, 2.24) is 0 Å². The molecule has 0 amide bonds. The molecule has 0 saturated heterocycles. The van der Waals surface area contributed by atoms with E-state index in [2.05, 4.69) is 18.0 Å². The van der Waals surface area contributed by atoms with Crippen LogP contribution >= 0.6 is 0 Å². The van der Waals surface area contributed by atoms with Crippen molar-refractivity contribution in [2.24, 2.45) is 4.99 Å². The third-order valence-corrected chi connectivity index (χ3v) is 2.91. The number of phenols is 1. The first kappa shape index (κ1) is 13.1. The van der Waals surface area contributed by atoms with Crippen LogP contribution in [0.4, 0.5) is 5.69 Å². The highest BCUT2D eigenvalue weighted by Gasteiger charge is 2.00. The van der Waals surface area contributed by atoms with Crippen molar-refractivity contribution in [1.29, 1.82) is 0 Å². The van der Waals surface area contributed by atoms with Crippen molar-refractivity contribution in [3.63, 3.8) is 0 Å². The molecule has 0 aromatic heterocycles. The van der Waals surface area contributed by atoms with Crippen LogP contribution in [0.5, 0.6) is 11.5 Å². The molecule has 2 aromatic rings. The lowest BCUT2D eigenvalue weighted by molar-refractivity contribution is 0.412. The fourth-order valence-corrected chi connectivity index (χ4v) is 1.76. The zero-order chi connectivity index (χ0) is 13.7. The summed E-state index contributed by atoms with van der Waals surface area (Å²) in [5.74, 6) is 0.887. The Labute approximate surface area is 113 Å². The van der Waals surface area contributed by atoms with Crippen molar-refractivity contribution in [3.05, 3.63) is 53.6 Å². The third-order valence-electron chi connectivity index (χ3n) is 2.91. The number of phenolic OH excluding ortho intramolecular Hbond substituents is 1. The zero-order valence-corrected chi connectivity index (χ0v) is 11.1. The van der Waals surface area contributed by atoms with Gasteiger partial charge in [-0.25, -0.2) is 0 Å². The number of benzene rings is 2. The second kappa shape index (κ2) is 6.05. The Morgan fingerprint density at radius 3 is 2.79 bits per heavy atom. The molecule has 1 N–H and O–H groups in total. The van der Waals surface area contributed by atoms with Crippen LogP contribution in [0.25, 0.3) is 0 Å². The Hall–Kier alpha value is -2.29. The predicted molar refractivity (Wildman–Crippen MR) is 77.7 cm³/mol. The summed E-state index contributed by atoms with van der Waals surface area (Å²) in [6.07, 6.45) is 2.63. The van der Waals surface area contributed by atoms with E-state index < -0.39 is 0 Å². The molecule has 0 aliphatic carbocycles. The first-order chi connectivity index (χ1) is 9.22. The summed E-state index contributed by atoms with van der Waals surface area (Å²) in [5, 5.41) is 9.76. The average Bonchev–Trinajstić information content (AvgIpc) is 2.46. The molecule has 0 radical (unpaired) electrons. The Balaban J connectivity index is 2.26. The van der Waals surface area contributed by atoms with Gasteiger partial charge in [-0.05, 0) is 42.3 Å². The zero-order valence-electron chi connectivity index (χ0n) is 11.1. The molecular formula is C16H17NO2. The van der Waals surface area contributed by atoms with Gasteiger partial charge in [-0.3, -0.25) is 4.99 Å². The maximum Gasteiger partial charge on any atom is 0.124 e. The van der Waals surface area contributed by atoms with Crippen molar-refractivity contribution in [2.45, 2.75) is 13.3 Å². The summed E-state index contributed by atoms with van der Waals surface area (Å²) in [6, 6.07) is 13.1. The fraction of sp³-hybridized carbons (Fsp3) is 0.188. The lowest BCUT2D eigenvalue weighted by Gasteiger charge is -2.03. The van der Waals surface area contributed by atoms with Gasteiger partial charge < -0.3 is 9.84 Å². The number of methoxy groups -OCH3 is 1. The summed E-state index contributed by atoms with van der Waals surface area (Å²) < 4.78 is 5.13. The van der Waals surface area contributed by atoms with Gasteiger partial charge in [0.2, 0.25) is 0 Å². The van der Waals surface area contributed by atoms with E-state index in [9.17, 15) is 5.11 Å². The summed E-state index contributed by atoms with van der Waals surface area (Å²) in [4.78, 5) is 4.38. The third kappa shape index (κ3) is 3.35. The minimum Gasteiger partial charge on any atom is -0.507 e. The van der Waals surface area contributed by atoms with E-state index in [0.717, 1.165) is 12.1 Å². The SMILES string of the molecule is CCc1cccc(N=Cc2cc(OC)ccc2O)c1. The molecule has 0 fully saturated rings. The fourth-order valence-electron chi connectivity index (χ4n) is 1.76. The summed E-state index contributed by atoms with van der Waals surface area (Å²) in [5.41, 5.74) is 2.76. The molecule has 2 aromatic carbocycles. The molecule has 2 rings (SSSR count). The van der Waals surface area contributed by atoms with E-state index in [0.29, 0.717) is 11.3 Å². The molecule has 0 atom stereocenters. The van der Waals surface area contributed by atoms with Gasteiger partial charge in [0, 0.05) is 11.8 Å². The molecule has 0 saturated carbocycles. The maximum atomic E-state index is 9.76. The molecule has 0 aliphatic rings. The molecule has 3 nitrogen and oxygen atoms in total. The summed E-state index contributed by atoms with van der Waals surface area (Å²) in [7, 11) is 1.60. The first-order valence-electron chi connectivity index (χ1n) is 6.23. The summed E-state index contributed by atoms with van der Waals surface area (Å²) in [6.45, 7) is 2.11. The van der Waals surface area contributed by atoms with E-state index >= 15 is 0 Å². The number of ether oxygens (including phenoxy) is 1. The van der Waals surface area contributed by atoms with Crippen molar-refractivity contribution in [3.8, 4) is 11.5 Å². The van der Waals surface area contributed by atoms with E-state index in [1.165, 1.54) is 5.56 Å². The molecule has 19 heavy (non-hydrogen) atoms. The second-order valence-electron chi connectivity index (χ2n) is 4.21. The number of aliphatic imine (C=N–C) groups is 1. The van der Waals surface area contributed by atoms with E-state index in [1.807, 2.05) is 18.2 Å². The van der Waals surface area contributed by atoms with Crippen LogP contribution in [-0.4, -0.2) is 18.4 Å². The Morgan fingerprint density at radius 1 is 1.21 bits per heavy atom. The second-order valence-corrected chi connectivity index (χ2v) is 4.21. The highest BCUT2D eigenvalue weighted by atomic mass is 16.5. The highest BCUT2D eigenvalue weighted by molar-refractivity contribution is 5.85. The minimum atomic E-state index is 0.191. The van der Waals surface area contributed by atoms with Crippen LogP contribution in [0, 0.1) is 0 Å². The van der Waals surface area contributed by atoms with E-state index in [1.54, 1.807) is 31.5 Å².